The van der Waals surface area contributed by atoms with Crippen molar-refractivity contribution in [3.05, 3.63) is 35.4 Å². The van der Waals surface area contributed by atoms with Gasteiger partial charge >= 0.3 is 0 Å². The third kappa shape index (κ3) is 2.52. The normalized spacial score (nSPS) is 28.6. The second-order valence-corrected chi connectivity index (χ2v) is 6.03. The van der Waals surface area contributed by atoms with Crippen LogP contribution in [-0.4, -0.2) is 30.9 Å². The molecular formula is C16H22N2O. The lowest BCUT2D eigenvalue weighted by molar-refractivity contribution is -0.132. The standard InChI is InChI=1S/C16H22N2O/c1-11-9-13(11)10-18(2)16(19)15-14-6-4-3-5-12(14)7-8-17-15/h3-6,11,13,15,17H,7-10H2,1-2H3. The van der Waals surface area contributed by atoms with Crippen molar-refractivity contribution in [3.8, 4) is 0 Å². The van der Waals surface area contributed by atoms with Crippen molar-refractivity contribution in [2.75, 3.05) is 20.1 Å². The average Bonchev–Trinajstić information content (AvgIpc) is 3.12. The summed E-state index contributed by atoms with van der Waals surface area (Å²) in [4.78, 5) is 14.5. The van der Waals surface area contributed by atoms with Crippen LogP contribution in [0, 0.1) is 11.8 Å². The third-order valence-corrected chi connectivity index (χ3v) is 4.52. The van der Waals surface area contributed by atoms with Gasteiger partial charge in [0.05, 0.1) is 0 Å². The quantitative estimate of drug-likeness (QED) is 0.899. The zero-order chi connectivity index (χ0) is 13.4. The Kier molecular flexibility index (Phi) is 3.31. The van der Waals surface area contributed by atoms with Crippen LogP contribution in [0.5, 0.6) is 0 Å². The maximum atomic E-state index is 12.6. The van der Waals surface area contributed by atoms with E-state index < -0.39 is 0 Å². The first-order valence-electron chi connectivity index (χ1n) is 7.23. The maximum absolute atomic E-state index is 12.6. The fourth-order valence-corrected chi connectivity index (χ4v) is 3.04. The first-order chi connectivity index (χ1) is 9.16. The summed E-state index contributed by atoms with van der Waals surface area (Å²) in [5, 5.41) is 3.37. The van der Waals surface area contributed by atoms with Gasteiger partial charge in [0.15, 0.2) is 0 Å². The van der Waals surface area contributed by atoms with Gasteiger partial charge in [0.1, 0.15) is 6.04 Å². The van der Waals surface area contributed by atoms with Gasteiger partial charge in [-0.15, -0.1) is 0 Å². The van der Waals surface area contributed by atoms with Gasteiger partial charge in [-0.25, -0.2) is 0 Å². The van der Waals surface area contributed by atoms with Gasteiger partial charge < -0.3 is 10.2 Å². The monoisotopic (exact) mass is 258 g/mol. The molecule has 1 N–H and O–H groups in total. The van der Waals surface area contributed by atoms with E-state index >= 15 is 0 Å². The van der Waals surface area contributed by atoms with E-state index in [-0.39, 0.29) is 11.9 Å². The number of nitrogens with zero attached hydrogens (tertiary/aromatic N) is 1. The topological polar surface area (TPSA) is 32.3 Å². The van der Waals surface area contributed by atoms with Crippen LogP contribution in [0.15, 0.2) is 24.3 Å². The zero-order valence-corrected chi connectivity index (χ0v) is 11.7. The van der Waals surface area contributed by atoms with Crippen LogP contribution >= 0.6 is 0 Å². The summed E-state index contributed by atoms with van der Waals surface area (Å²) in [6.07, 6.45) is 2.29. The molecule has 0 bridgehead atoms. The number of amides is 1. The highest BCUT2D eigenvalue weighted by Gasteiger charge is 2.36. The molecule has 102 valence electrons. The van der Waals surface area contributed by atoms with E-state index in [1.54, 1.807) is 0 Å². The highest BCUT2D eigenvalue weighted by atomic mass is 16.2. The van der Waals surface area contributed by atoms with Crippen molar-refractivity contribution in [1.82, 2.24) is 10.2 Å². The SMILES string of the molecule is CC1CC1CN(C)C(=O)C1NCCc2ccccc21. The summed E-state index contributed by atoms with van der Waals surface area (Å²) in [7, 11) is 1.94. The van der Waals surface area contributed by atoms with E-state index in [2.05, 4.69) is 30.4 Å². The Labute approximate surface area is 115 Å². The van der Waals surface area contributed by atoms with Crippen molar-refractivity contribution in [1.29, 1.82) is 0 Å². The summed E-state index contributed by atoms with van der Waals surface area (Å²) >= 11 is 0. The molecule has 3 nitrogen and oxygen atoms in total. The molecule has 0 saturated heterocycles. The Morgan fingerprint density at radius 1 is 1.42 bits per heavy atom. The molecule has 1 aromatic carbocycles. The van der Waals surface area contributed by atoms with Crippen LogP contribution < -0.4 is 5.32 Å². The van der Waals surface area contributed by atoms with Crippen molar-refractivity contribution in [2.45, 2.75) is 25.8 Å². The predicted octanol–water partition coefficient (Wildman–Crippen LogP) is 1.99. The number of nitrogens with one attached hydrogen (secondary N) is 1. The Morgan fingerprint density at radius 2 is 2.16 bits per heavy atom. The number of rotatable bonds is 3. The molecule has 0 radical (unpaired) electrons. The Morgan fingerprint density at radius 3 is 2.89 bits per heavy atom. The molecule has 0 aromatic heterocycles. The molecular weight excluding hydrogens is 236 g/mol. The van der Waals surface area contributed by atoms with E-state index in [1.165, 1.54) is 12.0 Å². The third-order valence-electron chi connectivity index (χ3n) is 4.52. The molecule has 1 aromatic rings. The molecule has 1 amide bonds. The smallest absolute Gasteiger partial charge is 0.244 e. The molecule has 19 heavy (non-hydrogen) atoms. The van der Waals surface area contributed by atoms with Crippen molar-refractivity contribution >= 4 is 5.91 Å². The fourth-order valence-electron chi connectivity index (χ4n) is 3.04. The van der Waals surface area contributed by atoms with Gasteiger partial charge in [-0.3, -0.25) is 4.79 Å². The van der Waals surface area contributed by atoms with Crippen LogP contribution in [0.2, 0.25) is 0 Å². The highest BCUT2D eigenvalue weighted by Crippen LogP contribution is 2.38. The minimum atomic E-state index is -0.149. The summed E-state index contributed by atoms with van der Waals surface area (Å²) in [5.74, 6) is 1.72. The number of benzene rings is 1. The largest absolute Gasteiger partial charge is 0.344 e. The van der Waals surface area contributed by atoms with E-state index in [9.17, 15) is 4.79 Å². The van der Waals surface area contributed by atoms with Crippen LogP contribution in [-0.2, 0) is 11.2 Å². The molecule has 1 fully saturated rings. The lowest BCUT2D eigenvalue weighted by Gasteiger charge is -2.29. The Bertz CT molecular complexity index is 485. The first kappa shape index (κ1) is 12.7. The van der Waals surface area contributed by atoms with Crippen LogP contribution in [0.4, 0.5) is 0 Å². The Hall–Kier alpha value is -1.35. The molecule has 0 spiro atoms. The van der Waals surface area contributed by atoms with Gasteiger partial charge in [0.2, 0.25) is 5.91 Å². The summed E-state index contributed by atoms with van der Waals surface area (Å²) in [6.45, 7) is 4.05. The Balaban J connectivity index is 1.73. The number of fused-ring (bicyclic) bond motifs is 1. The minimum absolute atomic E-state index is 0.149. The second-order valence-electron chi connectivity index (χ2n) is 6.03. The fraction of sp³-hybridized carbons (Fsp3) is 0.562. The van der Waals surface area contributed by atoms with E-state index in [1.807, 2.05) is 18.0 Å². The molecule has 3 atom stereocenters. The van der Waals surface area contributed by atoms with E-state index in [0.717, 1.165) is 31.0 Å². The molecule has 3 rings (SSSR count). The van der Waals surface area contributed by atoms with Gasteiger partial charge in [-0.1, -0.05) is 31.2 Å². The highest BCUT2D eigenvalue weighted by molar-refractivity contribution is 5.83. The van der Waals surface area contributed by atoms with Crippen molar-refractivity contribution in [3.63, 3.8) is 0 Å². The number of hydrogen-bond donors (Lipinski definition) is 1. The number of carbonyl (C=O) groups is 1. The van der Waals surface area contributed by atoms with Gasteiger partial charge in [0, 0.05) is 20.1 Å². The molecule has 3 heteroatoms. The molecule has 1 aliphatic heterocycles. The van der Waals surface area contributed by atoms with Crippen molar-refractivity contribution in [2.24, 2.45) is 11.8 Å². The van der Waals surface area contributed by atoms with E-state index in [4.69, 9.17) is 0 Å². The molecule has 1 heterocycles. The first-order valence-corrected chi connectivity index (χ1v) is 7.23. The minimum Gasteiger partial charge on any atom is -0.344 e. The number of carbonyl (C=O) groups excluding carboxylic acids is 1. The molecule has 1 saturated carbocycles. The van der Waals surface area contributed by atoms with E-state index in [0.29, 0.717) is 5.92 Å². The van der Waals surface area contributed by atoms with Crippen molar-refractivity contribution < 1.29 is 4.79 Å². The number of likely N-dealkylation sites (N-methyl/N-ethyl adjacent to an activating group) is 1. The molecule has 3 unspecified atom stereocenters. The summed E-state index contributed by atoms with van der Waals surface area (Å²) in [5.41, 5.74) is 2.47. The molecule has 1 aliphatic carbocycles. The lowest BCUT2D eigenvalue weighted by Crippen LogP contribution is -2.42. The number of hydrogen-bond acceptors (Lipinski definition) is 2. The van der Waals surface area contributed by atoms with Crippen LogP contribution in [0.1, 0.15) is 30.5 Å². The average molecular weight is 258 g/mol. The van der Waals surface area contributed by atoms with Crippen LogP contribution in [0.25, 0.3) is 0 Å². The molecule has 2 aliphatic rings. The van der Waals surface area contributed by atoms with Gasteiger partial charge in [-0.05, 0) is 35.8 Å². The second kappa shape index (κ2) is 4.97. The maximum Gasteiger partial charge on any atom is 0.244 e. The summed E-state index contributed by atoms with van der Waals surface area (Å²) < 4.78 is 0. The predicted molar refractivity (Wildman–Crippen MR) is 75.8 cm³/mol. The lowest BCUT2D eigenvalue weighted by atomic mass is 9.93. The summed E-state index contributed by atoms with van der Waals surface area (Å²) in [6, 6.07) is 8.15. The van der Waals surface area contributed by atoms with Gasteiger partial charge in [0.25, 0.3) is 0 Å². The van der Waals surface area contributed by atoms with Crippen LogP contribution in [0.3, 0.4) is 0 Å². The zero-order valence-electron chi connectivity index (χ0n) is 11.7. The van der Waals surface area contributed by atoms with Gasteiger partial charge in [-0.2, -0.15) is 0 Å².